The van der Waals surface area contributed by atoms with E-state index in [2.05, 4.69) is 15.3 Å². The van der Waals surface area contributed by atoms with E-state index in [1.54, 1.807) is 30.3 Å². The van der Waals surface area contributed by atoms with Gasteiger partial charge in [-0.3, -0.25) is 14.4 Å². The highest BCUT2D eigenvalue weighted by Crippen LogP contribution is 2.25. The van der Waals surface area contributed by atoms with Gasteiger partial charge in [0, 0.05) is 12.8 Å². The number of esters is 1. The molecular formula is C22H23N3O5. The number of methoxy groups -OCH3 is 1. The fourth-order valence-electron chi connectivity index (χ4n) is 2.98. The minimum Gasteiger partial charge on any atom is -0.495 e. The van der Waals surface area contributed by atoms with Crippen LogP contribution in [0.4, 0.5) is 5.69 Å². The Hall–Kier alpha value is -3.68. The van der Waals surface area contributed by atoms with Crippen LogP contribution in [0.5, 0.6) is 5.75 Å². The van der Waals surface area contributed by atoms with Crippen LogP contribution >= 0.6 is 0 Å². The Morgan fingerprint density at radius 1 is 1.17 bits per heavy atom. The van der Waals surface area contributed by atoms with Crippen molar-refractivity contribution in [1.29, 1.82) is 0 Å². The average Bonchev–Trinajstić information content (AvgIpc) is 2.72. The van der Waals surface area contributed by atoms with Crippen molar-refractivity contribution >= 4 is 28.5 Å². The summed E-state index contributed by atoms with van der Waals surface area (Å²) in [5, 5.41) is 3.20. The highest BCUT2D eigenvalue weighted by atomic mass is 16.5. The van der Waals surface area contributed by atoms with Gasteiger partial charge < -0.3 is 19.8 Å². The fourth-order valence-corrected chi connectivity index (χ4v) is 2.98. The number of aromatic amines is 1. The highest BCUT2D eigenvalue weighted by Gasteiger charge is 2.11. The fraction of sp³-hybridized carbons (Fsp3) is 0.273. The zero-order valence-corrected chi connectivity index (χ0v) is 16.9. The number of amides is 1. The molecule has 156 valence electrons. The standard InChI is InChI=1S/C22H23N3O5/c1-14-10-11-18(29-2)17(12-14)24-20(26)13-30-21(27)9-5-8-19-23-16-7-4-3-6-15(16)22(28)25-19/h3-4,6-7,10-12H,5,8-9,13H2,1-2H3,(H,24,26)(H,23,25,28). The second-order valence-electron chi connectivity index (χ2n) is 6.80. The summed E-state index contributed by atoms with van der Waals surface area (Å²) in [4.78, 5) is 43.2. The number of ether oxygens (including phenoxy) is 2. The number of aromatic nitrogens is 2. The van der Waals surface area contributed by atoms with E-state index in [9.17, 15) is 14.4 Å². The van der Waals surface area contributed by atoms with Crippen molar-refractivity contribution in [3.63, 3.8) is 0 Å². The molecule has 1 amide bonds. The van der Waals surface area contributed by atoms with E-state index in [1.165, 1.54) is 7.11 Å². The number of anilines is 1. The van der Waals surface area contributed by atoms with Crippen molar-refractivity contribution in [2.24, 2.45) is 0 Å². The Morgan fingerprint density at radius 3 is 2.77 bits per heavy atom. The predicted molar refractivity (Wildman–Crippen MR) is 113 cm³/mol. The van der Waals surface area contributed by atoms with E-state index in [1.807, 2.05) is 19.1 Å². The third-order valence-corrected chi connectivity index (χ3v) is 4.45. The molecule has 3 rings (SSSR count). The predicted octanol–water partition coefficient (Wildman–Crippen LogP) is 2.74. The molecule has 0 fully saturated rings. The van der Waals surface area contributed by atoms with Crippen LogP contribution in [0.2, 0.25) is 0 Å². The summed E-state index contributed by atoms with van der Waals surface area (Å²) in [7, 11) is 1.51. The molecule has 0 radical (unpaired) electrons. The Labute approximate surface area is 173 Å². The number of carbonyl (C=O) groups excluding carboxylic acids is 2. The smallest absolute Gasteiger partial charge is 0.306 e. The largest absolute Gasteiger partial charge is 0.495 e. The first-order valence-electron chi connectivity index (χ1n) is 9.54. The molecule has 0 aliphatic heterocycles. The van der Waals surface area contributed by atoms with Crippen molar-refractivity contribution in [3.05, 3.63) is 64.2 Å². The number of hydrogen-bond donors (Lipinski definition) is 2. The highest BCUT2D eigenvalue weighted by molar-refractivity contribution is 5.94. The van der Waals surface area contributed by atoms with Crippen LogP contribution in [0.25, 0.3) is 10.9 Å². The minimum absolute atomic E-state index is 0.109. The van der Waals surface area contributed by atoms with Crippen molar-refractivity contribution in [3.8, 4) is 5.75 Å². The summed E-state index contributed by atoms with van der Waals surface area (Å²) in [6.07, 6.45) is 0.965. The third-order valence-electron chi connectivity index (χ3n) is 4.45. The molecule has 0 atom stereocenters. The summed E-state index contributed by atoms with van der Waals surface area (Å²) in [5.41, 5.74) is 1.89. The topological polar surface area (TPSA) is 110 Å². The molecule has 8 heteroatoms. The number of aryl methyl sites for hydroxylation is 2. The number of nitrogens with zero attached hydrogens (tertiary/aromatic N) is 1. The number of carbonyl (C=O) groups is 2. The van der Waals surface area contributed by atoms with Gasteiger partial charge >= 0.3 is 5.97 Å². The molecule has 1 heterocycles. The number of rotatable bonds is 8. The molecule has 0 bridgehead atoms. The van der Waals surface area contributed by atoms with E-state index in [0.29, 0.717) is 41.0 Å². The van der Waals surface area contributed by atoms with Gasteiger partial charge in [-0.2, -0.15) is 0 Å². The maximum absolute atomic E-state index is 12.1. The third kappa shape index (κ3) is 5.44. The molecule has 30 heavy (non-hydrogen) atoms. The van der Waals surface area contributed by atoms with Crippen molar-refractivity contribution in [1.82, 2.24) is 9.97 Å². The summed E-state index contributed by atoms with van der Waals surface area (Å²) < 4.78 is 10.2. The van der Waals surface area contributed by atoms with Gasteiger partial charge in [0.15, 0.2) is 6.61 Å². The summed E-state index contributed by atoms with van der Waals surface area (Å²) in [6, 6.07) is 12.5. The maximum atomic E-state index is 12.1. The first kappa shape index (κ1) is 21.0. The van der Waals surface area contributed by atoms with Gasteiger partial charge in [0.2, 0.25) is 0 Å². The van der Waals surface area contributed by atoms with Gasteiger partial charge in [0.1, 0.15) is 11.6 Å². The Kier molecular flexibility index (Phi) is 6.79. The number of nitrogens with one attached hydrogen (secondary N) is 2. The molecule has 8 nitrogen and oxygen atoms in total. The molecular weight excluding hydrogens is 386 g/mol. The van der Waals surface area contributed by atoms with Gasteiger partial charge in [0.05, 0.1) is 23.7 Å². The SMILES string of the molecule is COc1ccc(C)cc1NC(=O)COC(=O)CCCc1nc2ccccc2c(=O)[nH]1. The van der Waals surface area contributed by atoms with Gasteiger partial charge in [-0.05, 0) is 43.2 Å². The number of para-hydroxylation sites is 1. The lowest BCUT2D eigenvalue weighted by molar-refractivity contribution is -0.147. The molecule has 3 aromatic rings. The molecule has 0 aliphatic rings. The van der Waals surface area contributed by atoms with Crippen LogP contribution in [0.1, 0.15) is 24.2 Å². The summed E-state index contributed by atoms with van der Waals surface area (Å²) >= 11 is 0. The Bertz CT molecular complexity index is 1120. The van der Waals surface area contributed by atoms with Crippen LogP contribution in [-0.2, 0) is 20.7 Å². The number of H-pyrrole nitrogens is 1. The monoisotopic (exact) mass is 409 g/mol. The van der Waals surface area contributed by atoms with E-state index in [4.69, 9.17) is 9.47 Å². The van der Waals surface area contributed by atoms with Crippen LogP contribution in [-0.4, -0.2) is 35.6 Å². The van der Waals surface area contributed by atoms with E-state index >= 15 is 0 Å². The molecule has 0 spiro atoms. The molecule has 2 N–H and O–H groups in total. The molecule has 0 saturated heterocycles. The molecule has 0 aliphatic carbocycles. The molecule has 0 saturated carbocycles. The molecule has 1 aromatic heterocycles. The van der Waals surface area contributed by atoms with Crippen LogP contribution in [0.3, 0.4) is 0 Å². The summed E-state index contributed by atoms with van der Waals surface area (Å²) in [5.74, 6) is 0.0882. The molecule has 2 aromatic carbocycles. The normalized spacial score (nSPS) is 10.6. The van der Waals surface area contributed by atoms with Gasteiger partial charge in [-0.1, -0.05) is 18.2 Å². The van der Waals surface area contributed by atoms with Crippen LogP contribution < -0.4 is 15.6 Å². The van der Waals surface area contributed by atoms with Crippen molar-refractivity contribution in [2.75, 3.05) is 19.0 Å². The first-order valence-corrected chi connectivity index (χ1v) is 9.54. The number of fused-ring (bicyclic) bond motifs is 1. The van der Waals surface area contributed by atoms with E-state index in [-0.39, 0.29) is 18.6 Å². The van der Waals surface area contributed by atoms with E-state index < -0.39 is 11.9 Å². The first-order chi connectivity index (χ1) is 14.5. The van der Waals surface area contributed by atoms with Crippen LogP contribution in [0.15, 0.2) is 47.3 Å². The lowest BCUT2D eigenvalue weighted by Crippen LogP contribution is -2.21. The van der Waals surface area contributed by atoms with Gasteiger partial charge in [0.25, 0.3) is 11.5 Å². The van der Waals surface area contributed by atoms with Gasteiger partial charge in [-0.15, -0.1) is 0 Å². The Morgan fingerprint density at radius 2 is 1.97 bits per heavy atom. The van der Waals surface area contributed by atoms with Crippen molar-refractivity contribution in [2.45, 2.75) is 26.2 Å². The van der Waals surface area contributed by atoms with Crippen LogP contribution in [0, 0.1) is 6.92 Å². The second-order valence-corrected chi connectivity index (χ2v) is 6.80. The average molecular weight is 409 g/mol. The Balaban J connectivity index is 1.46. The van der Waals surface area contributed by atoms with Gasteiger partial charge in [-0.25, -0.2) is 4.98 Å². The second kappa shape index (κ2) is 9.69. The van der Waals surface area contributed by atoms with E-state index in [0.717, 1.165) is 5.56 Å². The van der Waals surface area contributed by atoms with Crippen molar-refractivity contribution < 1.29 is 19.1 Å². The zero-order valence-electron chi connectivity index (χ0n) is 16.9. The molecule has 0 unspecified atom stereocenters. The lowest BCUT2D eigenvalue weighted by atomic mass is 10.2. The number of hydrogen-bond acceptors (Lipinski definition) is 6. The number of benzene rings is 2. The summed E-state index contributed by atoms with van der Waals surface area (Å²) in [6.45, 7) is 1.51. The lowest BCUT2D eigenvalue weighted by Gasteiger charge is -2.11. The zero-order chi connectivity index (χ0) is 21.5. The quantitative estimate of drug-likeness (QED) is 0.554. The maximum Gasteiger partial charge on any atom is 0.306 e. The minimum atomic E-state index is -0.496.